The van der Waals surface area contributed by atoms with Gasteiger partial charge in [-0.3, -0.25) is 14.4 Å². The normalized spacial score (nSPS) is 12.6. The van der Waals surface area contributed by atoms with Crippen molar-refractivity contribution in [1.29, 1.82) is 0 Å². The predicted molar refractivity (Wildman–Crippen MR) is 274 cm³/mol. The van der Waals surface area contributed by atoms with E-state index in [0.29, 0.717) is 19.3 Å². The van der Waals surface area contributed by atoms with Gasteiger partial charge in [0.15, 0.2) is 6.10 Å². The van der Waals surface area contributed by atoms with Crippen LogP contribution in [0.1, 0.15) is 258 Å². The molecule has 0 amide bonds. The number of hydrogen-bond donors (Lipinski definition) is 0. The fraction of sp³-hybridized carbons (Fsp3) is 0.741. The second-order valence-electron chi connectivity index (χ2n) is 17.8. The molecule has 0 aromatic heterocycles. The van der Waals surface area contributed by atoms with Gasteiger partial charge in [0, 0.05) is 19.3 Å². The van der Waals surface area contributed by atoms with E-state index in [1.807, 2.05) is 0 Å². The number of rotatable bonds is 48. The minimum absolute atomic E-state index is 0.0831. The van der Waals surface area contributed by atoms with Crippen LogP contribution in [0.4, 0.5) is 0 Å². The minimum atomic E-state index is -0.783. The van der Waals surface area contributed by atoms with E-state index >= 15 is 0 Å². The first-order valence-electron chi connectivity index (χ1n) is 26.9. The molecule has 0 rings (SSSR count). The second-order valence-corrected chi connectivity index (χ2v) is 17.8. The summed E-state index contributed by atoms with van der Waals surface area (Å²) in [6.45, 7) is 6.47. The van der Waals surface area contributed by atoms with Gasteiger partial charge < -0.3 is 14.2 Å². The van der Waals surface area contributed by atoms with Crippen molar-refractivity contribution in [1.82, 2.24) is 0 Å². The van der Waals surface area contributed by atoms with Crippen LogP contribution < -0.4 is 0 Å². The number of carbonyl (C=O) groups excluding carboxylic acids is 3. The van der Waals surface area contributed by atoms with Crippen LogP contribution in [-0.2, 0) is 28.6 Å². The lowest BCUT2D eigenvalue weighted by atomic mass is 10.1. The Balaban J connectivity index is 4.31. The van der Waals surface area contributed by atoms with E-state index in [0.717, 1.165) is 103 Å². The lowest BCUT2D eigenvalue weighted by Crippen LogP contribution is -2.30. The van der Waals surface area contributed by atoms with Gasteiger partial charge >= 0.3 is 17.9 Å². The van der Waals surface area contributed by atoms with Crippen molar-refractivity contribution < 1.29 is 28.6 Å². The average molecular weight is 893 g/mol. The number of hydrogen-bond acceptors (Lipinski definition) is 6. The van der Waals surface area contributed by atoms with Crippen molar-refractivity contribution in [2.45, 2.75) is 264 Å². The van der Waals surface area contributed by atoms with Crippen molar-refractivity contribution in [3.05, 3.63) is 72.9 Å². The van der Waals surface area contributed by atoms with E-state index in [-0.39, 0.29) is 31.1 Å². The summed E-state index contributed by atoms with van der Waals surface area (Å²) in [5.74, 6) is -0.907. The zero-order valence-corrected chi connectivity index (χ0v) is 42.0. The van der Waals surface area contributed by atoms with Crippen LogP contribution in [0.5, 0.6) is 0 Å². The molecule has 64 heavy (non-hydrogen) atoms. The quantitative estimate of drug-likeness (QED) is 0.0262. The van der Waals surface area contributed by atoms with E-state index in [4.69, 9.17) is 14.2 Å². The van der Waals surface area contributed by atoms with Gasteiger partial charge in [-0.1, -0.05) is 222 Å². The number of allylic oxidation sites excluding steroid dienone is 12. The minimum Gasteiger partial charge on any atom is -0.462 e. The SMILES string of the molecule is CC/C=C\C/C=C\C/C=C\CCCCCCCCCC(=O)OC(COC(=O)CCCCCCCC/C=C\C/C=C\C/C=C\CCCCCCC)COC(=O)CCCCCCCCCC. The highest BCUT2D eigenvalue weighted by Gasteiger charge is 2.19. The summed E-state index contributed by atoms with van der Waals surface area (Å²) < 4.78 is 16.8. The fourth-order valence-electron chi connectivity index (χ4n) is 7.40. The second kappa shape index (κ2) is 52.5. The first-order valence-corrected chi connectivity index (χ1v) is 26.9. The fourth-order valence-corrected chi connectivity index (χ4v) is 7.40. The molecule has 6 heteroatoms. The molecule has 6 nitrogen and oxygen atoms in total. The molecule has 0 radical (unpaired) electrons. The highest BCUT2D eigenvalue weighted by Crippen LogP contribution is 2.14. The molecular weight excluding hydrogens is 793 g/mol. The third-order valence-electron chi connectivity index (χ3n) is 11.4. The zero-order valence-electron chi connectivity index (χ0n) is 42.0. The molecule has 1 unspecified atom stereocenters. The maximum atomic E-state index is 12.8. The summed E-state index contributed by atoms with van der Waals surface area (Å²) in [7, 11) is 0. The Kier molecular flexibility index (Phi) is 49.9. The van der Waals surface area contributed by atoms with Crippen molar-refractivity contribution in [2.24, 2.45) is 0 Å². The Morgan fingerprint density at radius 2 is 0.609 bits per heavy atom. The first kappa shape index (κ1) is 60.9. The third-order valence-corrected chi connectivity index (χ3v) is 11.4. The largest absolute Gasteiger partial charge is 0.462 e. The lowest BCUT2D eigenvalue weighted by molar-refractivity contribution is -0.167. The van der Waals surface area contributed by atoms with Crippen LogP contribution in [0.3, 0.4) is 0 Å². The standard InChI is InChI=1S/C58H100O6/c1-4-7-10-13-16-19-21-23-25-27-28-29-30-32-33-35-37-39-42-45-48-51-57(60)63-54-55(53-62-56(59)50-47-44-41-18-15-12-9-6-3)64-58(61)52-49-46-43-40-38-36-34-31-26-24-22-20-17-14-11-8-5-2/h8,11,17,20-21,23-24,26-28,30,32,55H,4-7,9-10,12-16,18-19,22,25,29,31,33-54H2,1-3H3/b11-8-,20-17-,23-21-,26-24-,28-27-,32-30-. The maximum Gasteiger partial charge on any atom is 0.306 e. The summed E-state index contributed by atoms with van der Waals surface area (Å²) in [5, 5.41) is 0. The lowest BCUT2D eigenvalue weighted by Gasteiger charge is -2.18. The number of ether oxygens (including phenoxy) is 3. The summed E-state index contributed by atoms with van der Waals surface area (Å²) >= 11 is 0. The molecule has 0 aliphatic carbocycles. The molecule has 0 fully saturated rings. The molecule has 0 N–H and O–H groups in total. The van der Waals surface area contributed by atoms with Crippen LogP contribution in [0, 0.1) is 0 Å². The van der Waals surface area contributed by atoms with Crippen LogP contribution in [-0.4, -0.2) is 37.2 Å². The Bertz CT molecular complexity index is 1210. The Morgan fingerprint density at radius 3 is 0.953 bits per heavy atom. The van der Waals surface area contributed by atoms with Crippen molar-refractivity contribution >= 4 is 17.9 Å². The monoisotopic (exact) mass is 893 g/mol. The predicted octanol–water partition coefficient (Wildman–Crippen LogP) is 17.8. The molecule has 0 bridgehead atoms. The van der Waals surface area contributed by atoms with Gasteiger partial charge in [-0.25, -0.2) is 0 Å². The van der Waals surface area contributed by atoms with E-state index in [1.165, 1.54) is 116 Å². The molecular formula is C58H100O6. The Morgan fingerprint density at radius 1 is 0.328 bits per heavy atom. The molecule has 0 aromatic rings. The Hall–Kier alpha value is -3.15. The highest BCUT2D eigenvalue weighted by molar-refractivity contribution is 5.71. The van der Waals surface area contributed by atoms with Crippen molar-refractivity contribution in [3.8, 4) is 0 Å². The van der Waals surface area contributed by atoms with E-state index in [1.54, 1.807) is 0 Å². The van der Waals surface area contributed by atoms with Gasteiger partial charge in [0.25, 0.3) is 0 Å². The summed E-state index contributed by atoms with van der Waals surface area (Å²) in [5.41, 5.74) is 0. The molecule has 0 saturated heterocycles. The number of carbonyl (C=O) groups is 3. The van der Waals surface area contributed by atoms with E-state index in [9.17, 15) is 14.4 Å². The molecule has 0 saturated carbocycles. The van der Waals surface area contributed by atoms with Gasteiger partial charge in [0.1, 0.15) is 13.2 Å². The molecule has 0 aliphatic heterocycles. The average Bonchev–Trinajstić information content (AvgIpc) is 3.29. The van der Waals surface area contributed by atoms with Crippen LogP contribution >= 0.6 is 0 Å². The van der Waals surface area contributed by atoms with Gasteiger partial charge in [-0.15, -0.1) is 0 Å². The van der Waals surface area contributed by atoms with Gasteiger partial charge in [0.05, 0.1) is 0 Å². The van der Waals surface area contributed by atoms with Crippen LogP contribution in [0.25, 0.3) is 0 Å². The zero-order chi connectivity index (χ0) is 46.5. The molecule has 368 valence electrons. The third kappa shape index (κ3) is 49.9. The van der Waals surface area contributed by atoms with E-state index < -0.39 is 6.10 Å². The smallest absolute Gasteiger partial charge is 0.306 e. The molecule has 0 heterocycles. The van der Waals surface area contributed by atoms with Gasteiger partial charge in [-0.2, -0.15) is 0 Å². The van der Waals surface area contributed by atoms with Crippen molar-refractivity contribution in [3.63, 3.8) is 0 Å². The van der Waals surface area contributed by atoms with E-state index in [2.05, 4.69) is 93.7 Å². The molecule has 1 atom stereocenters. The maximum absolute atomic E-state index is 12.8. The van der Waals surface area contributed by atoms with Crippen LogP contribution in [0.15, 0.2) is 72.9 Å². The van der Waals surface area contributed by atoms with Crippen LogP contribution in [0.2, 0.25) is 0 Å². The summed E-state index contributed by atoms with van der Waals surface area (Å²) in [6, 6.07) is 0. The van der Waals surface area contributed by atoms with Gasteiger partial charge in [0.2, 0.25) is 0 Å². The number of unbranched alkanes of at least 4 members (excludes halogenated alkanes) is 25. The summed E-state index contributed by atoms with van der Waals surface area (Å²) in [6.07, 6.45) is 66.1. The highest BCUT2D eigenvalue weighted by atomic mass is 16.6. The topological polar surface area (TPSA) is 78.9 Å². The molecule has 0 aromatic carbocycles. The van der Waals surface area contributed by atoms with Gasteiger partial charge in [-0.05, 0) is 89.9 Å². The first-order chi connectivity index (χ1) is 31.5. The summed E-state index contributed by atoms with van der Waals surface area (Å²) in [4.78, 5) is 37.9. The number of esters is 3. The Labute approximate surface area is 395 Å². The molecule has 0 aliphatic rings. The van der Waals surface area contributed by atoms with Crippen molar-refractivity contribution in [2.75, 3.05) is 13.2 Å². The molecule has 0 spiro atoms.